The van der Waals surface area contributed by atoms with Crippen molar-refractivity contribution in [2.45, 2.75) is 31.7 Å². The zero-order valence-electron chi connectivity index (χ0n) is 11.8. The molecule has 2 N–H and O–H groups in total. The minimum absolute atomic E-state index is 0.0710. The summed E-state index contributed by atoms with van der Waals surface area (Å²) in [4.78, 5) is 13.4. The fourth-order valence-electron chi connectivity index (χ4n) is 3.10. The first kappa shape index (κ1) is 13.6. The van der Waals surface area contributed by atoms with Gasteiger partial charge < -0.3 is 15.0 Å². The predicted molar refractivity (Wildman–Crippen MR) is 74.7 cm³/mol. The summed E-state index contributed by atoms with van der Waals surface area (Å²) < 4.78 is 7.29. The van der Waals surface area contributed by atoms with Crippen molar-refractivity contribution in [2.24, 2.45) is 0 Å². The Morgan fingerprint density at radius 2 is 2.15 bits per heavy atom. The molecule has 0 unspecified atom stereocenters. The molecule has 0 bridgehead atoms. The molecule has 0 spiro atoms. The van der Waals surface area contributed by atoms with Gasteiger partial charge in [-0.05, 0) is 12.8 Å². The predicted octanol–water partition coefficient (Wildman–Crippen LogP) is -0.148. The van der Waals surface area contributed by atoms with E-state index >= 15 is 0 Å². The Labute approximate surface area is 119 Å². The zero-order chi connectivity index (χ0) is 13.8. The molecule has 1 aromatic rings. The van der Waals surface area contributed by atoms with E-state index in [9.17, 15) is 4.79 Å². The smallest absolute Gasteiger partial charge is 0.280 e. The Hall–Kier alpha value is -1.40. The molecule has 20 heavy (non-hydrogen) atoms. The van der Waals surface area contributed by atoms with E-state index < -0.39 is 0 Å². The van der Waals surface area contributed by atoms with E-state index in [1.54, 1.807) is 6.20 Å². The lowest BCUT2D eigenvalue weighted by Crippen LogP contribution is -3.15. The van der Waals surface area contributed by atoms with Crippen LogP contribution in [0.5, 0.6) is 0 Å². The lowest BCUT2D eigenvalue weighted by molar-refractivity contribution is -0.899. The molecule has 2 fully saturated rings. The Morgan fingerprint density at radius 1 is 1.40 bits per heavy atom. The van der Waals surface area contributed by atoms with Gasteiger partial charge in [0.15, 0.2) is 6.54 Å². The first-order valence-corrected chi connectivity index (χ1v) is 7.57. The van der Waals surface area contributed by atoms with Gasteiger partial charge in [-0.3, -0.25) is 4.79 Å². The monoisotopic (exact) mass is 279 g/mol. The molecule has 0 aromatic carbocycles. The lowest BCUT2D eigenvalue weighted by atomic mass is 10.2. The van der Waals surface area contributed by atoms with E-state index in [1.807, 2.05) is 10.7 Å². The van der Waals surface area contributed by atoms with E-state index in [1.165, 1.54) is 30.6 Å². The normalized spacial score (nSPS) is 21.2. The molecule has 6 nitrogen and oxygen atoms in total. The van der Waals surface area contributed by atoms with Gasteiger partial charge in [-0.25, -0.2) is 4.68 Å². The molecule has 6 heteroatoms. The molecule has 1 saturated heterocycles. The zero-order valence-corrected chi connectivity index (χ0v) is 11.8. The van der Waals surface area contributed by atoms with Crippen molar-refractivity contribution in [3.8, 4) is 0 Å². The van der Waals surface area contributed by atoms with Crippen molar-refractivity contribution in [2.75, 3.05) is 38.2 Å². The fourth-order valence-corrected chi connectivity index (χ4v) is 3.10. The molecular weight excluding hydrogens is 256 g/mol. The molecule has 0 radical (unpaired) electrons. The molecule has 0 atom stereocenters. The molecule has 2 heterocycles. The number of nitrogens with zero attached hydrogens (tertiary/aromatic N) is 2. The summed E-state index contributed by atoms with van der Waals surface area (Å²) >= 11 is 0. The summed E-state index contributed by atoms with van der Waals surface area (Å²) in [5.74, 6) is 0.913. The van der Waals surface area contributed by atoms with Gasteiger partial charge in [0.25, 0.3) is 5.91 Å². The third kappa shape index (κ3) is 3.19. The number of anilines is 1. The van der Waals surface area contributed by atoms with Crippen LogP contribution in [-0.2, 0) is 9.53 Å². The highest BCUT2D eigenvalue weighted by molar-refractivity contribution is 5.90. The average Bonchev–Trinajstić information content (AvgIpc) is 3.10. The van der Waals surface area contributed by atoms with Gasteiger partial charge in [0.1, 0.15) is 18.9 Å². The number of ether oxygens (including phenoxy) is 1. The van der Waals surface area contributed by atoms with Gasteiger partial charge in [-0.2, -0.15) is 5.10 Å². The maximum absolute atomic E-state index is 12.1. The van der Waals surface area contributed by atoms with Crippen LogP contribution in [0.25, 0.3) is 0 Å². The number of nitrogens with one attached hydrogen (secondary N) is 2. The molecule has 3 rings (SSSR count). The number of hydrogen-bond acceptors (Lipinski definition) is 3. The number of hydrogen-bond donors (Lipinski definition) is 2. The summed E-state index contributed by atoms with van der Waals surface area (Å²) in [7, 11) is 0. The second kappa shape index (κ2) is 6.37. The Kier molecular flexibility index (Phi) is 4.32. The highest BCUT2D eigenvalue weighted by atomic mass is 16.5. The van der Waals surface area contributed by atoms with Crippen LogP contribution in [0.4, 0.5) is 5.82 Å². The number of carbonyl (C=O) groups excluding carboxylic acids is 1. The van der Waals surface area contributed by atoms with Crippen molar-refractivity contribution >= 4 is 11.7 Å². The highest BCUT2D eigenvalue weighted by Gasteiger charge is 2.22. The number of quaternary nitrogens is 1. The van der Waals surface area contributed by atoms with Crippen LogP contribution in [-0.4, -0.2) is 48.5 Å². The van der Waals surface area contributed by atoms with Crippen LogP contribution in [0.1, 0.15) is 31.7 Å². The first-order valence-electron chi connectivity index (χ1n) is 7.57. The van der Waals surface area contributed by atoms with Crippen molar-refractivity contribution in [1.29, 1.82) is 0 Å². The first-order chi connectivity index (χ1) is 9.83. The van der Waals surface area contributed by atoms with Gasteiger partial charge in [-0.1, -0.05) is 12.8 Å². The van der Waals surface area contributed by atoms with Crippen LogP contribution >= 0.6 is 0 Å². The third-order valence-electron chi connectivity index (χ3n) is 4.22. The standard InChI is InChI=1S/C14H22N4O2/c19-14(11-17-7-9-20-10-8-17)16-13-5-6-15-18(13)12-3-1-2-4-12/h5-6,12H,1-4,7-11H2,(H,16,19)/p+1. The molecular formula is C14H23N4O2+. The van der Waals surface area contributed by atoms with E-state index in [2.05, 4.69) is 10.4 Å². The topological polar surface area (TPSA) is 60.6 Å². The molecule has 2 aliphatic rings. The molecule has 1 aliphatic carbocycles. The summed E-state index contributed by atoms with van der Waals surface area (Å²) in [5, 5.41) is 7.39. The quantitative estimate of drug-likeness (QED) is 0.806. The number of amides is 1. The minimum atomic E-state index is 0.0710. The van der Waals surface area contributed by atoms with E-state index in [-0.39, 0.29) is 5.91 Å². The van der Waals surface area contributed by atoms with Gasteiger partial charge in [0.05, 0.1) is 25.5 Å². The number of aromatic nitrogens is 2. The average molecular weight is 279 g/mol. The second-order valence-electron chi connectivity index (χ2n) is 5.69. The third-order valence-corrected chi connectivity index (χ3v) is 4.22. The van der Waals surface area contributed by atoms with E-state index in [4.69, 9.17) is 4.74 Å². The Morgan fingerprint density at radius 3 is 2.90 bits per heavy atom. The van der Waals surface area contributed by atoms with E-state index in [0.29, 0.717) is 12.6 Å². The Bertz CT molecular complexity index is 448. The summed E-state index contributed by atoms with van der Waals surface area (Å²) in [6, 6.07) is 2.35. The largest absolute Gasteiger partial charge is 0.370 e. The fraction of sp³-hybridized carbons (Fsp3) is 0.714. The number of carbonyl (C=O) groups is 1. The van der Waals surface area contributed by atoms with Crippen molar-refractivity contribution in [3.05, 3.63) is 12.3 Å². The number of rotatable bonds is 4. The molecule has 1 aromatic heterocycles. The van der Waals surface area contributed by atoms with Crippen molar-refractivity contribution in [1.82, 2.24) is 9.78 Å². The van der Waals surface area contributed by atoms with Crippen molar-refractivity contribution in [3.63, 3.8) is 0 Å². The van der Waals surface area contributed by atoms with Crippen molar-refractivity contribution < 1.29 is 14.4 Å². The van der Waals surface area contributed by atoms with Crippen LogP contribution in [0.2, 0.25) is 0 Å². The maximum Gasteiger partial charge on any atom is 0.280 e. The Balaban J connectivity index is 1.56. The molecule has 1 saturated carbocycles. The highest BCUT2D eigenvalue weighted by Crippen LogP contribution is 2.31. The maximum atomic E-state index is 12.1. The SMILES string of the molecule is O=C(C[NH+]1CCOCC1)Nc1ccnn1C1CCCC1. The summed E-state index contributed by atoms with van der Waals surface area (Å²) in [5.41, 5.74) is 0. The summed E-state index contributed by atoms with van der Waals surface area (Å²) in [6.07, 6.45) is 6.62. The lowest BCUT2D eigenvalue weighted by Gasteiger charge is -2.23. The number of morpholine rings is 1. The molecule has 1 amide bonds. The van der Waals surface area contributed by atoms with Crippen LogP contribution < -0.4 is 10.2 Å². The minimum Gasteiger partial charge on any atom is -0.370 e. The van der Waals surface area contributed by atoms with Crippen LogP contribution in [0, 0.1) is 0 Å². The van der Waals surface area contributed by atoms with Crippen LogP contribution in [0.3, 0.4) is 0 Å². The van der Waals surface area contributed by atoms with Gasteiger partial charge >= 0.3 is 0 Å². The van der Waals surface area contributed by atoms with Gasteiger partial charge in [0, 0.05) is 6.07 Å². The second-order valence-corrected chi connectivity index (χ2v) is 5.69. The summed E-state index contributed by atoms with van der Waals surface area (Å²) in [6.45, 7) is 3.84. The molecule has 110 valence electrons. The van der Waals surface area contributed by atoms with Crippen LogP contribution in [0.15, 0.2) is 12.3 Å². The molecule has 1 aliphatic heterocycles. The van der Waals surface area contributed by atoms with Gasteiger partial charge in [0.2, 0.25) is 0 Å². The van der Waals surface area contributed by atoms with E-state index in [0.717, 1.165) is 32.1 Å². The van der Waals surface area contributed by atoms with Gasteiger partial charge in [-0.15, -0.1) is 0 Å².